The molecule has 17 heavy (non-hydrogen) atoms. The number of hydrogen-bond acceptors (Lipinski definition) is 3. The van der Waals surface area contributed by atoms with Crippen LogP contribution in [0.3, 0.4) is 0 Å². The summed E-state index contributed by atoms with van der Waals surface area (Å²) in [4.78, 5) is 22.9. The van der Waals surface area contributed by atoms with Crippen LogP contribution in [0.2, 0.25) is 0 Å². The molecule has 7 heteroatoms. The second-order valence-corrected chi connectivity index (χ2v) is 3.72. The maximum Gasteiger partial charge on any atom is 0.321 e. The third-order valence-electron chi connectivity index (χ3n) is 2.10. The smallest absolute Gasteiger partial charge is 0.321 e. The molecule has 1 aromatic carbocycles. The number of benzene rings is 1. The number of halogens is 1. The van der Waals surface area contributed by atoms with Crippen molar-refractivity contribution in [2.24, 2.45) is 0 Å². The lowest BCUT2D eigenvalue weighted by molar-refractivity contribution is -0.384. The first-order valence-electron chi connectivity index (χ1n) is 4.87. The van der Waals surface area contributed by atoms with Gasteiger partial charge in [0.15, 0.2) is 0 Å². The highest BCUT2D eigenvalue weighted by atomic mass is 35.5. The highest BCUT2D eigenvalue weighted by molar-refractivity contribution is 6.18. The van der Waals surface area contributed by atoms with Crippen molar-refractivity contribution in [2.45, 2.75) is 0 Å². The summed E-state index contributed by atoms with van der Waals surface area (Å²) in [7, 11) is 1.61. The lowest BCUT2D eigenvalue weighted by atomic mass is 10.3. The van der Waals surface area contributed by atoms with Crippen molar-refractivity contribution < 1.29 is 9.72 Å². The number of anilines is 1. The van der Waals surface area contributed by atoms with Crippen molar-refractivity contribution in [3.63, 3.8) is 0 Å². The summed E-state index contributed by atoms with van der Waals surface area (Å²) in [5.41, 5.74) is 0.485. The van der Waals surface area contributed by atoms with Crippen molar-refractivity contribution in [2.75, 3.05) is 24.8 Å². The van der Waals surface area contributed by atoms with Gasteiger partial charge >= 0.3 is 6.03 Å². The Hall–Kier alpha value is -1.82. The maximum absolute atomic E-state index is 11.5. The molecule has 0 unspecified atom stereocenters. The number of non-ortho nitro benzene ring substituents is 1. The number of nitrogens with zero attached hydrogens (tertiary/aromatic N) is 2. The molecule has 0 aliphatic carbocycles. The van der Waals surface area contributed by atoms with Gasteiger partial charge in [-0.15, -0.1) is 11.6 Å². The molecule has 0 bridgehead atoms. The van der Waals surface area contributed by atoms with Crippen LogP contribution in [0.4, 0.5) is 16.2 Å². The lowest BCUT2D eigenvalue weighted by Gasteiger charge is -2.16. The van der Waals surface area contributed by atoms with Crippen LogP contribution in [0.15, 0.2) is 24.3 Å². The zero-order valence-corrected chi connectivity index (χ0v) is 9.98. The molecule has 2 amide bonds. The first-order chi connectivity index (χ1) is 8.04. The highest BCUT2D eigenvalue weighted by Crippen LogP contribution is 2.15. The Morgan fingerprint density at radius 3 is 2.53 bits per heavy atom. The van der Waals surface area contributed by atoms with Gasteiger partial charge in [0.05, 0.1) is 4.92 Å². The average Bonchev–Trinajstić information content (AvgIpc) is 2.30. The second kappa shape index (κ2) is 6.05. The van der Waals surface area contributed by atoms with Crippen molar-refractivity contribution in [1.82, 2.24) is 4.90 Å². The molecular weight excluding hydrogens is 246 g/mol. The molecule has 0 aliphatic rings. The van der Waals surface area contributed by atoms with Crippen LogP contribution in [-0.4, -0.2) is 35.3 Å². The summed E-state index contributed by atoms with van der Waals surface area (Å²) >= 11 is 5.50. The van der Waals surface area contributed by atoms with Gasteiger partial charge < -0.3 is 10.2 Å². The Morgan fingerprint density at radius 2 is 2.06 bits per heavy atom. The summed E-state index contributed by atoms with van der Waals surface area (Å²) in [6.07, 6.45) is 0. The van der Waals surface area contributed by atoms with Gasteiger partial charge in [0, 0.05) is 37.3 Å². The van der Waals surface area contributed by atoms with Crippen LogP contribution in [0.5, 0.6) is 0 Å². The molecule has 92 valence electrons. The van der Waals surface area contributed by atoms with Gasteiger partial charge in [0.2, 0.25) is 0 Å². The van der Waals surface area contributed by atoms with Crippen LogP contribution < -0.4 is 5.32 Å². The molecule has 0 aromatic heterocycles. The molecule has 0 saturated heterocycles. The number of rotatable bonds is 4. The Bertz CT molecular complexity index is 408. The molecular formula is C10H12ClN3O3. The predicted molar refractivity (Wildman–Crippen MR) is 65.5 cm³/mol. The largest absolute Gasteiger partial charge is 0.326 e. The normalized spacial score (nSPS) is 9.76. The average molecular weight is 258 g/mol. The number of urea groups is 1. The summed E-state index contributed by atoms with van der Waals surface area (Å²) in [5, 5.41) is 13.0. The number of amides is 2. The van der Waals surface area contributed by atoms with Crippen LogP contribution in [0.1, 0.15) is 0 Å². The molecule has 0 radical (unpaired) electrons. The third-order valence-corrected chi connectivity index (χ3v) is 2.27. The van der Waals surface area contributed by atoms with Crippen LogP contribution in [0, 0.1) is 10.1 Å². The molecule has 1 aromatic rings. The predicted octanol–water partition coefficient (Wildman–Crippen LogP) is 2.30. The molecule has 1 N–H and O–H groups in total. The Labute approximate surface area is 103 Å². The van der Waals surface area contributed by atoms with E-state index in [1.54, 1.807) is 7.05 Å². The summed E-state index contributed by atoms with van der Waals surface area (Å²) in [6, 6.07) is 5.31. The number of nitro groups is 1. The molecule has 0 fully saturated rings. The van der Waals surface area contributed by atoms with Gasteiger partial charge in [-0.05, 0) is 12.1 Å². The van der Waals surface area contributed by atoms with Gasteiger partial charge in [-0.3, -0.25) is 10.1 Å². The fourth-order valence-corrected chi connectivity index (χ4v) is 1.37. The number of carbonyl (C=O) groups excluding carboxylic acids is 1. The van der Waals surface area contributed by atoms with Crippen molar-refractivity contribution in [1.29, 1.82) is 0 Å². The first kappa shape index (κ1) is 13.2. The number of alkyl halides is 1. The fourth-order valence-electron chi connectivity index (χ4n) is 1.11. The highest BCUT2D eigenvalue weighted by Gasteiger charge is 2.09. The Kier molecular flexibility index (Phi) is 4.71. The van der Waals surface area contributed by atoms with E-state index >= 15 is 0 Å². The van der Waals surface area contributed by atoms with Crippen LogP contribution >= 0.6 is 11.6 Å². The molecule has 0 saturated carbocycles. The van der Waals surface area contributed by atoms with Gasteiger partial charge in [-0.2, -0.15) is 0 Å². The van der Waals surface area contributed by atoms with E-state index in [1.807, 2.05) is 0 Å². The summed E-state index contributed by atoms with van der Waals surface area (Å²) in [6.45, 7) is 0.431. The second-order valence-electron chi connectivity index (χ2n) is 3.34. The third kappa shape index (κ3) is 3.92. The van der Waals surface area contributed by atoms with E-state index in [0.717, 1.165) is 0 Å². The minimum atomic E-state index is -0.495. The lowest BCUT2D eigenvalue weighted by Crippen LogP contribution is -2.32. The number of nitro benzene ring substituents is 1. The van der Waals surface area contributed by atoms with Crippen molar-refractivity contribution in [3.05, 3.63) is 34.4 Å². The molecule has 0 heterocycles. The van der Waals surface area contributed by atoms with Gasteiger partial charge in [-0.25, -0.2) is 4.79 Å². The van der Waals surface area contributed by atoms with E-state index in [0.29, 0.717) is 18.1 Å². The van der Waals surface area contributed by atoms with Gasteiger partial charge in [-0.1, -0.05) is 0 Å². The SMILES string of the molecule is CN(CCCl)C(=O)Nc1ccc([N+](=O)[O-])cc1. The maximum atomic E-state index is 11.5. The molecule has 6 nitrogen and oxygen atoms in total. The first-order valence-corrected chi connectivity index (χ1v) is 5.40. The standard InChI is InChI=1S/C10H12ClN3O3/c1-13(7-6-11)10(15)12-8-2-4-9(5-3-8)14(16)17/h2-5H,6-7H2,1H3,(H,12,15). The van der Waals surface area contributed by atoms with Gasteiger partial charge in [0.25, 0.3) is 5.69 Å². The van der Waals surface area contributed by atoms with E-state index < -0.39 is 4.92 Å². The number of carbonyl (C=O) groups is 1. The van der Waals surface area contributed by atoms with E-state index in [-0.39, 0.29) is 11.7 Å². The van der Waals surface area contributed by atoms with Crippen molar-refractivity contribution in [3.8, 4) is 0 Å². The summed E-state index contributed by atoms with van der Waals surface area (Å²) < 4.78 is 0. The zero-order valence-electron chi connectivity index (χ0n) is 9.22. The Morgan fingerprint density at radius 1 is 1.47 bits per heavy atom. The van der Waals surface area contributed by atoms with Crippen LogP contribution in [0.25, 0.3) is 0 Å². The molecule has 0 spiro atoms. The number of nitrogens with one attached hydrogen (secondary N) is 1. The molecule has 0 atom stereocenters. The van der Waals surface area contributed by atoms with E-state index in [2.05, 4.69) is 5.32 Å². The van der Waals surface area contributed by atoms with Gasteiger partial charge in [0.1, 0.15) is 0 Å². The topological polar surface area (TPSA) is 75.5 Å². The van der Waals surface area contributed by atoms with E-state index in [1.165, 1.54) is 29.2 Å². The zero-order chi connectivity index (χ0) is 12.8. The summed E-state index contributed by atoms with van der Waals surface area (Å²) in [5.74, 6) is 0.351. The minimum absolute atomic E-state index is 0.0166. The fraction of sp³-hybridized carbons (Fsp3) is 0.300. The van der Waals surface area contributed by atoms with Crippen LogP contribution in [-0.2, 0) is 0 Å². The quantitative estimate of drug-likeness (QED) is 0.511. The van der Waals surface area contributed by atoms with Crippen molar-refractivity contribution >= 4 is 29.0 Å². The van der Waals surface area contributed by atoms with E-state index in [9.17, 15) is 14.9 Å². The van der Waals surface area contributed by atoms with E-state index in [4.69, 9.17) is 11.6 Å². The molecule has 1 rings (SSSR count). The monoisotopic (exact) mass is 257 g/mol. The minimum Gasteiger partial charge on any atom is -0.326 e. The Balaban J connectivity index is 2.63. The number of hydrogen-bond donors (Lipinski definition) is 1. The molecule has 0 aliphatic heterocycles.